The van der Waals surface area contributed by atoms with E-state index in [-0.39, 0.29) is 11.4 Å². The first-order valence-electron chi connectivity index (χ1n) is 5.45. The second kappa shape index (κ2) is 7.27. The topological polar surface area (TPSA) is 26.3 Å². The maximum absolute atomic E-state index is 11.0. The molecule has 0 aromatic heterocycles. The Labute approximate surface area is 93.0 Å². The summed E-state index contributed by atoms with van der Waals surface area (Å²) in [4.78, 5) is 11.0. The van der Waals surface area contributed by atoms with Gasteiger partial charge in [-0.3, -0.25) is 4.79 Å². The first kappa shape index (κ1) is 13.9. The molecule has 15 heavy (non-hydrogen) atoms. The molecular formula is C13H22O2. The fraction of sp³-hybridized carbons (Fsp3) is 0.615. The van der Waals surface area contributed by atoms with Crippen molar-refractivity contribution in [1.29, 1.82) is 0 Å². The zero-order valence-electron chi connectivity index (χ0n) is 10.1. The van der Waals surface area contributed by atoms with Gasteiger partial charge in [-0.05, 0) is 18.3 Å². The first-order chi connectivity index (χ1) is 7.02. The Morgan fingerprint density at radius 1 is 1.47 bits per heavy atom. The van der Waals surface area contributed by atoms with E-state index in [1.165, 1.54) is 0 Å². The van der Waals surface area contributed by atoms with Crippen LogP contribution >= 0.6 is 0 Å². The van der Waals surface area contributed by atoms with E-state index in [2.05, 4.69) is 26.5 Å². The molecule has 0 rings (SSSR count). The average Bonchev–Trinajstić information content (AvgIpc) is 2.21. The van der Waals surface area contributed by atoms with Crippen molar-refractivity contribution in [2.24, 2.45) is 5.41 Å². The van der Waals surface area contributed by atoms with Gasteiger partial charge in [0.15, 0.2) is 0 Å². The normalized spacial score (nSPS) is 11.7. The minimum absolute atomic E-state index is 0.0519. The third kappa shape index (κ3) is 7.98. The van der Waals surface area contributed by atoms with Gasteiger partial charge in [0.2, 0.25) is 0 Å². The highest BCUT2D eigenvalue weighted by atomic mass is 16.5. The average molecular weight is 210 g/mol. The van der Waals surface area contributed by atoms with Crippen LogP contribution < -0.4 is 0 Å². The predicted molar refractivity (Wildman–Crippen MR) is 63.6 cm³/mol. The second-order valence-electron chi connectivity index (χ2n) is 4.38. The summed E-state index contributed by atoms with van der Waals surface area (Å²) in [7, 11) is 0. The zero-order valence-corrected chi connectivity index (χ0v) is 10.1. The van der Waals surface area contributed by atoms with Crippen LogP contribution in [0.2, 0.25) is 0 Å². The Balaban J connectivity index is 3.80. The van der Waals surface area contributed by atoms with E-state index < -0.39 is 0 Å². The lowest BCUT2D eigenvalue weighted by atomic mass is 9.89. The SMILES string of the molecule is C=C/C=C/CCC(C)(C)COC(=O)CC. The van der Waals surface area contributed by atoms with Gasteiger partial charge in [0.1, 0.15) is 0 Å². The molecule has 0 aromatic rings. The molecule has 0 unspecified atom stereocenters. The lowest BCUT2D eigenvalue weighted by molar-refractivity contribution is -0.146. The molecule has 0 aliphatic carbocycles. The van der Waals surface area contributed by atoms with Crippen molar-refractivity contribution in [3.8, 4) is 0 Å². The standard InChI is InChI=1S/C13H22O2/c1-5-7-8-9-10-13(3,4)11-15-12(14)6-2/h5,7-8H,1,6,9-11H2,2-4H3/b8-7+. The molecule has 0 saturated carbocycles. The van der Waals surface area contributed by atoms with Gasteiger partial charge in [0, 0.05) is 6.42 Å². The van der Waals surface area contributed by atoms with Crippen molar-refractivity contribution in [2.45, 2.75) is 40.0 Å². The summed E-state index contributed by atoms with van der Waals surface area (Å²) in [6.07, 6.45) is 8.23. The molecule has 0 N–H and O–H groups in total. The Hall–Kier alpha value is -1.05. The predicted octanol–water partition coefficient (Wildman–Crippen LogP) is 3.49. The van der Waals surface area contributed by atoms with E-state index in [1.807, 2.05) is 13.0 Å². The van der Waals surface area contributed by atoms with E-state index in [9.17, 15) is 4.79 Å². The summed E-state index contributed by atoms with van der Waals surface area (Å²) >= 11 is 0. The lowest BCUT2D eigenvalue weighted by Crippen LogP contribution is -2.21. The molecule has 0 saturated heterocycles. The van der Waals surface area contributed by atoms with Gasteiger partial charge in [-0.15, -0.1) is 0 Å². The Morgan fingerprint density at radius 3 is 2.67 bits per heavy atom. The van der Waals surface area contributed by atoms with Gasteiger partial charge in [0.05, 0.1) is 6.61 Å². The summed E-state index contributed by atoms with van der Waals surface area (Å²) in [5.74, 6) is -0.121. The molecule has 0 atom stereocenters. The quantitative estimate of drug-likeness (QED) is 0.475. The second-order valence-corrected chi connectivity index (χ2v) is 4.38. The number of esters is 1. The van der Waals surface area contributed by atoms with Crippen LogP contribution in [0.3, 0.4) is 0 Å². The van der Waals surface area contributed by atoms with E-state index in [4.69, 9.17) is 4.74 Å². The molecule has 0 heterocycles. The first-order valence-corrected chi connectivity index (χ1v) is 5.45. The van der Waals surface area contributed by atoms with E-state index in [0.29, 0.717) is 13.0 Å². The highest BCUT2D eigenvalue weighted by molar-refractivity contribution is 5.68. The number of carbonyl (C=O) groups excluding carboxylic acids is 1. The third-order valence-corrected chi connectivity index (χ3v) is 2.17. The smallest absolute Gasteiger partial charge is 0.305 e. The maximum atomic E-state index is 11.0. The van der Waals surface area contributed by atoms with Crippen molar-refractivity contribution in [3.63, 3.8) is 0 Å². The minimum Gasteiger partial charge on any atom is -0.465 e. The summed E-state index contributed by atoms with van der Waals surface area (Å²) in [5, 5.41) is 0. The van der Waals surface area contributed by atoms with Crippen molar-refractivity contribution >= 4 is 5.97 Å². The summed E-state index contributed by atoms with van der Waals surface area (Å²) in [5.41, 5.74) is 0.0519. The Morgan fingerprint density at radius 2 is 2.13 bits per heavy atom. The van der Waals surface area contributed by atoms with Crippen LogP contribution in [0.25, 0.3) is 0 Å². The molecule has 2 heteroatoms. The van der Waals surface area contributed by atoms with Crippen molar-refractivity contribution < 1.29 is 9.53 Å². The number of rotatable bonds is 7. The summed E-state index contributed by atoms with van der Waals surface area (Å²) in [6.45, 7) is 10.1. The van der Waals surface area contributed by atoms with Crippen LogP contribution in [0.5, 0.6) is 0 Å². The van der Waals surface area contributed by atoms with Crippen molar-refractivity contribution in [2.75, 3.05) is 6.61 Å². The molecule has 0 aromatic carbocycles. The number of hydrogen-bond donors (Lipinski definition) is 0. The van der Waals surface area contributed by atoms with Crippen LogP contribution in [0.4, 0.5) is 0 Å². The molecule has 0 fully saturated rings. The number of allylic oxidation sites excluding steroid dienone is 3. The van der Waals surface area contributed by atoms with E-state index in [0.717, 1.165) is 12.8 Å². The molecular weight excluding hydrogens is 188 g/mol. The maximum Gasteiger partial charge on any atom is 0.305 e. The Kier molecular flexibility index (Phi) is 6.76. The summed E-state index contributed by atoms with van der Waals surface area (Å²) in [6, 6.07) is 0. The molecule has 2 nitrogen and oxygen atoms in total. The monoisotopic (exact) mass is 210 g/mol. The van der Waals surface area contributed by atoms with Gasteiger partial charge >= 0.3 is 5.97 Å². The Bertz CT molecular complexity index is 227. The van der Waals surface area contributed by atoms with Crippen LogP contribution in [0, 0.1) is 5.41 Å². The fourth-order valence-electron chi connectivity index (χ4n) is 1.12. The summed E-state index contributed by atoms with van der Waals surface area (Å²) < 4.78 is 5.13. The molecule has 0 amide bonds. The number of carbonyl (C=O) groups is 1. The molecule has 0 radical (unpaired) electrons. The van der Waals surface area contributed by atoms with Gasteiger partial charge < -0.3 is 4.74 Å². The highest BCUT2D eigenvalue weighted by Crippen LogP contribution is 2.23. The molecule has 0 aliphatic heterocycles. The molecule has 0 bridgehead atoms. The van der Waals surface area contributed by atoms with E-state index in [1.54, 1.807) is 6.08 Å². The van der Waals surface area contributed by atoms with Crippen molar-refractivity contribution in [1.82, 2.24) is 0 Å². The third-order valence-electron chi connectivity index (χ3n) is 2.17. The van der Waals surface area contributed by atoms with E-state index >= 15 is 0 Å². The zero-order chi connectivity index (χ0) is 11.7. The highest BCUT2D eigenvalue weighted by Gasteiger charge is 2.18. The van der Waals surface area contributed by atoms with Gasteiger partial charge in [-0.1, -0.05) is 45.6 Å². The van der Waals surface area contributed by atoms with Gasteiger partial charge in [0.25, 0.3) is 0 Å². The lowest BCUT2D eigenvalue weighted by Gasteiger charge is -2.23. The van der Waals surface area contributed by atoms with Crippen LogP contribution in [-0.4, -0.2) is 12.6 Å². The number of ether oxygens (including phenoxy) is 1. The van der Waals surface area contributed by atoms with Crippen LogP contribution in [-0.2, 0) is 9.53 Å². The van der Waals surface area contributed by atoms with Gasteiger partial charge in [-0.2, -0.15) is 0 Å². The van der Waals surface area contributed by atoms with Crippen LogP contribution in [0.1, 0.15) is 40.0 Å². The molecule has 0 aliphatic rings. The van der Waals surface area contributed by atoms with Crippen LogP contribution in [0.15, 0.2) is 24.8 Å². The fourth-order valence-corrected chi connectivity index (χ4v) is 1.12. The van der Waals surface area contributed by atoms with Gasteiger partial charge in [-0.25, -0.2) is 0 Å². The molecule has 0 spiro atoms. The largest absolute Gasteiger partial charge is 0.465 e. The minimum atomic E-state index is -0.121. The molecule has 86 valence electrons. The number of hydrogen-bond acceptors (Lipinski definition) is 2. The van der Waals surface area contributed by atoms with Crippen molar-refractivity contribution in [3.05, 3.63) is 24.8 Å².